The lowest BCUT2D eigenvalue weighted by Crippen LogP contribution is -2.45. The highest BCUT2D eigenvalue weighted by molar-refractivity contribution is 6.02. The highest BCUT2D eigenvalue weighted by Gasteiger charge is 2.35. The van der Waals surface area contributed by atoms with Crippen molar-refractivity contribution in [1.82, 2.24) is 4.90 Å². The van der Waals surface area contributed by atoms with E-state index in [1.165, 1.54) is 17.7 Å². The molecule has 8 nitrogen and oxygen atoms in total. The molecule has 158 valence electrons. The van der Waals surface area contributed by atoms with Gasteiger partial charge in [-0.3, -0.25) is 4.79 Å². The number of piperidine rings is 1. The third-order valence-electron chi connectivity index (χ3n) is 5.83. The first kappa shape index (κ1) is 21.1. The van der Waals surface area contributed by atoms with Gasteiger partial charge in [0.05, 0.1) is 20.3 Å². The number of hydrogen-bond acceptors (Lipinski definition) is 7. The molecule has 1 aliphatic heterocycles. The summed E-state index contributed by atoms with van der Waals surface area (Å²) in [5.41, 5.74) is 1.14. The van der Waals surface area contributed by atoms with Crippen molar-refractivity contribution >= 4 is 11.9 Å². The summed E-state index contributed by atoms with van der Waals surface area (Å²) >= 11 is 0. The second kappa shape index (κ2) is 9.71. The second-order valence-corrected chi connectivity index (χ2v) is 7.57. The average molecular weight is 404 g/mol. The van der Waals surface area contributed by atoms with E-state index < -0.39 is 17.9 Å². The molecule has 2 fully saturated rings. The molecule has 1 aliphatic carbocycles. The van der Waals surface area contributed by atoms with Crippen LogP contribution >= 0.6 is 0 Å². The number of hydrogen-bond donors (Lipinski definition) is 0. The van der Waals surface area contributed by atoms with Gasteiger partial charge in [-0.25, -0.2) is 4.79 Å². The number of likely N-dealkylation sites (tertiary alicyclic amines) is 1. The van der Waals surface area contributed by atoms with Crippen molar-refractivity contribution < 1.29 is 23.8 Å². The van der Waals surface area contributed by atoms with Gasteiger partial charge in [0, 0.05) is 13.1 Å². The van der Waals surface area contributed by atoms with E-state index in [0.717, 1.165) is 49.9 Å². The van der Waals surface area contributed by atoms with Gasteiger partial charge in [-0.2, -0.15) is 0 Å². The molecular formula is C21H28N2O6. The zero-order chi connectivity index (χ0) is 20.8. The Morgan fingerprint density at radius 1 is 1.07 bits per heavy atom. The van der Waals surface area contributed by atoms with Crippen LogP contribution in [0.3, 0.4) is 0 Å². The van der Waals surface area contributed by atoms with Crippen LogP contribution in [-0.2, 0) is 14.3 Å². The molecule has 1 aromatic carbocycles. The minimum atomic E-state index is -1.62. The van der Waals surface area contributed by atoms with E-state index in [-0.39, 0.29) is 12.0 Å². The minimum absolute atomic E-state index is 0.240. The van der Waals surface area contributed by atoms with E-state index in [2.05, 4.69) is 9.91 Å². The lowest BCUT2D eigenvalue weighted by Gasteiger charge is -2.33. The maximum Gasteiger partial charge on any atom is 0.344 e. The molecule has 0 spiro atoms. The lowest BCUT2D eigenvalue weighted by atomic mass is 9.89. The van der Waals surface area contributed by atoms with Crippen molar-refractivity contribution in [3.8, 4) is 11.5 Å². The topological polar surface area (TPSA) is 94.5 Å². The first-order valence-corrected chi connectivity index (χ1v) is 10.1. The number of ether oxygens (including phenoxy) is 3. The molecule has 2 aliphatic rings. The van der Waals surface area contributed by atoms with Crippen LogP contribution in [0.4, 0.5) is 0 Å². The predicted molar refractivity (Wildman–Crippen MR) is 106 cm³/mol. The third kappa shape index (κ3) is 4.86. The molecule has 0 aromatic heterocycles. The summed E-state index contributed by atoms with van der Waals surface area (Å²) in [6, 6.07) is 4.39. The van der Waals surface area contributed by atoms with Crippen LogP contribution in [0.2, 0.25) is 0 Å². The SMILES string of the molecule is COC(=O)C(N=O)C(=O)N1CCC(c2ccc(OC)c(OC3CCCC3)c2)CC1. The van der Waals surface area contributed by atoms with Gasteiger partial charge in [-0.1, -0.05) is 6.07 Å². The third-order valence-corrected chi connectivity index (χ3v) is 5.83. The van der Waals surface area contributed by atoms with Crippen molar-refractivity contribution in [1.29, 1.82) is 0 Å². The molecule has 1 aromatic rings. The molecule has 29 heavy (non-hydrogen) atoms. The fourth-order valence-corrected chi connectivity index (χ4v) is 4.13. The Hall–Kier alpha value is -2.64. The summed E-state index contributed by atoms with van der Waals surface area (Å²) in [4.78, 5) is 36.4. The second-order valence-electron chi connectivity index (χ2n) is 7.57. The van der Waals surface area contributed by atoms with E-state index in [4.69, 9.17) is 9.47 Å². The number of rotatable bonds is 7. The summed E-state index contributed by atoms with van der Waals surface area (Å²) in [5.74, 6) is 0.246. The zero-order valence-corrected chi connectivity index (χ0v) is 17.0. The summed E-state index contributed by atoms with van der Waals surface area (Å²) in [6.45, 7) is 0.911. The summed E-state index contributed by atoms with van der Waals surface area (Å²) < 4.78 is 16.1. The molecule has 1 unspecified atom stereocenters. The van der Waals surface area contributed by atoms with Gasteiger partial charge in [0.1, 0.15) is 0 Å². The Morgan fingerprint density at radius 2 is 1.76 bits per heavy atom. The minimum Gasteiger partial charge on any atom is -0.493 e. The Morgan fingerprint density at radius 3 is 2.34 bits per heavy atom. The summed E-state index contributed by atoms with van der Waals surface area (Å²) in [6.07, 6.45) is 6.23. The Bertz CT molecular complexity index is 739. The number of esters is 1. The first-order chi connectivity index (χ1) is 14.1. The molecule has 1 heterocycles. The van der Waals surface area contributed by atoms with E-state index in [1.54, 1.807) is 7.11 Å². The molecular weight excluding hydrogens is 376 g/mol. The van der Waals surface area contributed by atoms with Crippen LogP contribution in [0, 0.1) is 4.91 Å². The number of carbonyl (C=O) groups excluding carboxylic acids is 2. The van der Waals surface area contributed by atoms with Gasteiger partial charge < -0.3 is 19.1 Å². The van der Waals surface area contributed by atoms with Crippen molar-refractivity contribution in [2.45, 2.75) is 56.6 Å². The highest BCUT2D eigenvalue weighted by atomic mass is 16.5. The smallest absolute Gasteiger partial charge is 0.344 e. The maximum absolute atomic E-state index is 12.4. The molecule has 1 saturated heterocycles. The molecule has 0 N–H and O–H groups in total. The van der Waals surface area contributed by atoms with E-state index in [9.17, 15) is 14.5 Å². The Labute approximate surface area is 170 Å². The number of methoxy groups -OCH3 is 2. The van der Waals surface area contributed by atoms with E-state index >= 15 is 0 Å². The Balaban J connectivity index is 1.65. The largest absolute Gasteiger partial charge is 0.493 e. The number of nitroso groups, excluding NO2 is 1. The maximum atomic E-state index is 12.4. The number of benzene rings is 1. The fraction of sp³-hybridized carbons (Fsp3) is 0.619. The molecule has 0 radical (unpaired) electrons. The van der Waals surface area contributed by atoms with Crippen molar-refractivity contribution in [3.05, 3.63) is 28.7 Å². The Kier molecular flexibility index (Phi) is 7.06. The molecule has 0 bridgehead atoms. The monoisotopic (exact) mass is 404 g/mol. The van der Waals surface area contributed by atoms with Gasteiger partial charge >= 0.3 is 5.97 Å². The zero-order valence-electron chi connectivity index (χ0n) is 17.0. The van der Waals surface area contributed by atoms with Gasteiger partial charge in [0.25, 0.3) is 11.9 Å². The van der Waals surface area contributed by atoms with E-state index in [0.29, 0.717) is 13.1 Å². The fourth-order valence-electron chi connectivity index (χ4n) is 4.13. The molecule has 1 amide bonds. The van der Waals surface area contributed by atoms with Crippen LogP contribution in [-0.4, -0.2) is 56.2 Å². The van der Waals surface area contributed by atoms with Crippen LogP contribution in [0.1, 0.15) is 50.0 Å². The standard InChI is InChI=1S/C21H28N2O6/c1-27-17-8-7-15(13-18(17)29-16-5-3-4-6-16)14-9-11-23(12-10-14)20(24)19(22-26)21(25)28-2/h7-8,13-14,16,19H,3-6,9-12H2,1-2H3. The van der Waals surface area contributed by atoms with Gasteiger partial charge in [-0.05, 0) is 67.3 Å². The van der Waals surface area contributed by atoms with Crippen molar-refractivity contribution in [2.75, 3.05) is 27.3 Å². The average Bonchev–Trinajstić information content (AvgIpc) is 3.27. The predicted octanol–water partition coefficient (Wildman–Crippen LogP) is 3.03. The summed E-state index contributed by atoms with van der Waals surface area (Å²) in [7, 11) is 2.77. The van der Waals surface area contributed by atoms with Gasteiger partial charge in [0.2, 0.25) is 0 Å². The summed E-state index contributed by atoms with van der Waals surface area (Å²) in [5, 5.41) is 2.64. The van der Waals surface area contributed by atoms with Gasteiger partial charge in [0.15, 0.2) is 11.5 Å². The van der Waals surface area contributed by atoms with Crippen LogP contribution in [0.25, 0.3) is 0 Å². The molecule has 3 rings (SSSR count). The van der Waals surface area contributed by atoms with Crippen LogP contribution in [0.5, 0.6) is 11.5 Å². The normalized spacial score (nSPS) is 18.9. The quantitative estimate of drug-likeness (QED) is 0.394. The van der Waals surface area contributed by atoms with Gasteiger partial charge in [-0.15, -0.1) is 4.91 Å². The number of amides is 1. The number of nitrogens with zero attached hydrogens (tertiary/aromatic N) is 2. The number of carbonyl (C=O) groups is 2. The lowest BCUT2D eigenvalue weighted by molar-refractivity contribution is -0.149. The van der Waals surface area contributed by atoms with Crippen LogP contribution in [0.15, 0.2) is 23.4 Å². The molecule has 1 atom stereocenters. The highest BCUT2D eigenvalue weighted by Crippen LogP contribution is 2.37. The molecule has 8 heteroatoms. The first-order valence-electron chi connectivity index (χ1n) is 10.1. The van der Waals surface area contributed by atoms with Crippen molar-refractivity contribution in [3.63, 3.8) is 0 Å². The molecule has 1 saturated carbocycles. The van der Waals surface area contributed by atoms with E-state index in [1.807, 2.05) is 18.2 Å². The van der Waals surface area contributed by atoms with Crippen molar-refractivity contribution in [2.24, 2.45) is 5.18 Å². The van der Waals surface area contributed by atoms with Crippen LogP contribution < -0.4 is 9.47 Å².